The minimum absolute atomic E-state index is 0.205. The zero-order valence-electron chi connectivity index (χ0n) is 12.5. The molecule has 1 heterocycles. The van der Waals surface area contributed by atoms with Crippen molar-refractivity contribution in [2.45, 2.75) is 25.8 Å². The Balaban J connectivity index is 1.77. The van der Waals surface area contributed by atoms with Gasteiger partial charge in [-0.2, -0.15) is 0 Å². The number of nitrogens with one attached hydrogen (secondary N) is 1. The molecule has 0 bridgehead atoms. The van der Waals surface area contributed by atoms with Gasteiger partial charge in [-0.05, 0) is 24.1 Å². The summed E-state index contributed by atoms with van der Waals surface area (Å²) in [5.74, 6) is 0.205. The van der Waals surface area contributed by atoms with E-state index in [-0.39, 0.29) is 11.9 Å². The number of halogens is 1. The van der Waals surface area contributed by atoms with Crippen molar-refractivity contribution in [3.8, 4) is 0 Å². The molecule has 0 radical (unpaired) electrons. The number of hydrogen-bond acceptors (Lipinski definition) is 3. The minimum Gasteiger partial charge on any atom is -0.378 e. The first-order valence-electron chi connectivity index (χ1n) is 7.55. The van der Waals surface area contributed by atoms with Gasteiger partial charge >= 0.3 is 0 Å². The van der Waals surface area contributed by atoms with Gasteiger partial charge in [0, 0.05) is 37.1 Å². The minimum atomic E-state index is 0.205. The first-order valence-corrected chi connectivity index (χ1v) is 7.93. The molecule has 1 aliphatic rings. The van der Waals surface area contributed by atoms with Gasteiger partial charge in [-0.3, -0.25) is 4.79 Å². The fourth-order valence-electron chi connectivity index (χ4n) is 2.52. The number of ether oxygens (including phenoxy) is 1. The lowest BCUT2D eigenvalue weighted by molar-refractivity contribution is -0.135. The lowest BCUT2D eigenvalue weighted by Gasteiger charge is -2.27. The standard InChI is InChI=1S/C16H23ClN2O2/c1-2-15(13-3-5-14(17)6-4-13)18-8-7-16(20)19-9-11-21-12-10-19/h3-6,15,18H,2,7-12H2,1H3. The SMILES string of the molecule is CCC(NCCC(=O)N1CCOCC1)c1ccc(Cl)cc1. The molecule has 1 amide bonds. The molecular formula is C16H23ClN2O2. The predicted molar refractivity (Wildman–Crippen MR) is 84.5 cm³/mol. The summed E-state index contributed by atoms with van der Waals surface area (Å²) < 4.78 is 5.26. The summed E-state index contributed by atoms with van der Waals surface area (Å²) in [4.78, 5) is 13.9. The maximum absolute atomic E-state index is 12.1. The van der Waals surface area contributed by atoms with Crippen molar-refractivity contribution in [2.24, 2.45) is 0 Å². The average Bonchev–Trinajstić information content (AvgIpc) is 2.53. The van der Waals surface area contributed by atoms with Gasteiger partial charge in [0.25, 0.3) is 0 Å². The maximum Gasteiger partial charge on any atom is 0.224 e. The van der Waals surface area contributed by atoms with Crippen LogP contribution in [-0.4, -0.2) is 43.7 Å². The summed E-state index contributed by atoms with van der Waals surface area (Å²) in [6.07, 6.45) is 1.51. The third-order valence-electron chi connectivity index (χ3n) is 3.77. The number of rotatable bonds is 6. The first kappa shape index (κ1) is 16.3. The van der Waals surface area contributed by atoms with E-state index in [1.54, 1.807) is 0 Å². The van der Waals surface area contributed by atoms with Crippen LogP contribution in [0.3, 0.4) is 0 Å². The summed E-state index contributed by atoms with van der Waals surface area (Å²) in [7, 11) is 0. The van der Waals surface area contributed by atoms with Crippen LogP contribution in [0.15, 0.2) is 24.3 Å². The second-order valence-electron chi connectivity index (χ2n) is 5.21. The summed E-state index contributed by atoms with van der Waals surface area (Å²) in [6.45, 7) is 5.57. The largest absolute Gasteiger partial charge is 0.378 e. The highest BCUT2D eigenvalue weighted by Gasteiger charge is 2.17. The highest BCUT2D eigenvalue weighted by molar-refractivity contribution is 6.30. The lowest BCUT2D eigenvalue weighted by Crippen LogP contribution is -2.41. The second kappa shape index (κ2) is 8.37. The fraction of sp³-hybridized carbons (Fsp3) is 0.562. The van der Waals surface area contributed by atoms with Crippen LogP contribution < -0.4 is 5.32 Å². The van der Waals surface area contributed by atoms with E-state index in [1.807, 2.05) is 29.2 Å². The van der Waals surface area contributed by atoms with Crippen LogP contribution in [0.5, 0.6) is 0 Å². The van der Waals surface area contributed by atoms with E-state index in [4.69, 9.17) is 16.3 Å². The molecule has 0 aliphatic carbocycles. The van der Waals surface area contributed by atoms with Crippen molar-refractivity contribution >= 4 is 17.5 Å². The van der Waals surface area contributed by atoms with Crippen LogP contribution >= 0.6 is 11.6 Å². The van der Waals surface area contributed by atoms with Gasteiger partial charge in [0.1, 0.15) is 0 Å². The number of nitrogens with zero attached hydrogens (tertiary/aromatic N) is 1. The molecule has 1 aromatic carbocycles. The summed E-state index contributed by atoms with van der Waals surface area (Å²) in [5, 5.41) is 4.20. The van der Waals surface area contributed by atoms with E-state index in [2.05, 4.69) is 12.2 Å². The zero-order valence-corrected chi connectivity index (χ0v) is 13.2. The van der Waals surface area contributed by atoms with Crippen molar-refractivity contribution in [3.63, 3.8) is 0 Å². The number of benzene rings is 1. The highest BCUT2D eigenvalue weighted by atomic mass is 35.5. The number of carbonyl (C=O) groups excluding carboxylic acids is 1. The molecule has 1 N–H and O–H groups in total. The van der Waals surface area contributed by atoms with Gasteiger partial charge in [-0.15, -0.1) is 0 Å². The van der Waals surface area contributed by atoms with Crippen LogP contribution in [0.25, 0.3) is 0 Å². The van der Waals surface area contributed by atoms with Crippen molar-refractivity contribution in [1.82, 2.24) is 10.2 Å². The monoisotopic (exact) mass is 310 g/mol. The molecule has 2 rings (SSSR count). The summed E-state index contributed by atoms with van der Waals surface area (Å²) in [5.41, 5.74) is 1.21. The van der Waals surface area contributed by atoms with E-state index in [1.165, 1.54) is 5.56 Å². The van der Waals surface area contributed by atoms with E-state index < -0.39 is 0 Å². The molecule has 116 valence electrons. The average molecular weight is 311 g/mol. The number of carbonyl (C=O) groups is 1. The quantitative estimate of drug-likeness (QED) is 0.878. The maximum atomic E-state index is 12.1. The Morgan fingerprint density at radius 2 is 2.00 bits per heavy atom. The highest BCUT2D eigenvalue weighted by Crippen LogP contribution is 2.19. The third kappa shape index (κ3) is 4.99. The summed E-state index contributed by atoms with van der Waals surface area (Å²) in [6, 6.07) is 8.14. The topological polar surface area (TPSA) is 41.6 Å². The number of morpholine rings is 1. The molecule has 1 unspecified atom stereocenters. The van der Waals surface area contributed by atoms with Crippen LogP contribution in [0.2, 0.25) is 5.02 Å². The van der Waals surface area contributed by atoms with E-state index >= 15 is 0 Å². The Labute approximate surface area is 131 Å². The van der Waals surface area contributed by atoms with Crippen molar-refractivity contribution in [3.05, 3.63) is 34.9 Å². The molecular weight excluding hydrogens is 288 g/mol. The zero-order chi connectivity index (χ0) is 15.1. The lowest BCUT2D eigenvalue weighted by atomic mass is 10.0. The Hall–Kier alpha value is -1.10. The van der Waals surface area contributed by atoms with Crippen LogP contribution in [0, 0.1) is 0 Å². The second-order valence-corrected chi connectivity index (χ2v) is 5.65. The van der Waals surface area contributed by atoms with Crippen LogP contribution in [-0.2, 0) is 9.53 Å². The molecule has 0 spiro atoms. The molecule has 21 heavy (non-hydrogen) atoms. The molecule has 1 saturated heterocycles. The molecule has 0 saturated carbocycles. The van der Waals surface area contributed by atoms with Gasteiger partial charge in [0.2, 0.25) is 5.91 Å². The molecule has 5 heteroatoms. The Bertz CT molecular complexity index is 444. The van der Waals surface area contributed by atoms with Crippen molar-refractivity contribution in [1.29, 1.82) is 0 Å². The molecule has 1 atom stereocenters. The van der Waals surface area contributed by atoms with Gasteiger partial charge in [0.15, 0.2) is 0 Å². The van der Waals surface area contributed by atoms with E-state index in [0.29, 0.717) is 39.3 Å². The molecule has 1 aliphatic heterocycles. The number of hydrogen-bond donors (Lipinski definition) is 1. The van der Waals surface area contributed by atoms with Crippen molar-refractivity contribution < 1.29 is 9.53 Å². The van der Waals surface area contributed by atoms with Gasteiger partial charge in [0.05, 0.1) is 13.2 Å². The number of amides is 1. The third-order valence-corrected chi connectivity index (χ3v) is 4.03. The van der Waals surface area contributed by atoms with Crippen LogP contribution in [0.1, 0.15) is 31.4 Å². The Morgan fingerprint density at radius 3 is 2.62 bits per heavy atom. The Kier molecular flexibility index (Phi) is 6.49. The van der Waals surface area contributed by atoms with Gasteiger partial charge < -0.3 is 15.0 Å². The van der Waals surface area contributed by atoms with Crippen molar-refractivity contribution in [2.75, 3.05) is 32.8 Å². The molecule has 1 aromatic rings. The fourth-order valence-corrected chi connectivity index (χ4v) is 2.64. The molecule has 0 aromatic heterocycles. The molecule has 1 fully saturated rings. The summed E-state index contributed by atoms with van der Waals surface area (Å²) >= 11 is 5.91. The first-order chi connectivity index (χ1) is 10.2. The van der Waals surface area contributed by atoms with Gasteiger partial charge in [-0.25, -0.2) is 0 Å². The Morgan fingerprint density at radius 1 is 1.33 bits per heavy atom. The van der Waals surface area contributed by atoms with E-state index in [9.17, 15) is 4.79 Å². The van der Waals surface area contributed by atoms with Gasteiger partial charge in [-0.1, -0.05) is 30.7 Å². The van der Waals surface area contributed by atoms with E-state index in [0.717, 1.165) is 11.4 Å². The molecule has 4 nitrogen and oxygen atoms in total. The smallest absolute Gasteiger partial charge is 0.224 e. The predicted octanol–water partition coefficient (Wildman–Crippen LogP) is 2.63. The van der Waals surface area contributed by atoms with Crippen LogP contribution in [0.4, 0.5) is 0 Å². The normalized spacial score (nSPS) is 16.8.